The topological polar surface area (TPSA) is 9.23 Å². The van der Waals surface area contributed by atoms with Crippen LogP contribution in [0.5, 0.6) is 11.5 Å². The number of para-hydroxylation sites is 2. The Bertz CT molecular complexity index is 538. The molecule has 1 aliphatic heterocycles. The van der Waals surface area contributed by atoms with Crippen LogP contribution in [-0.4, -0.2) is 8.80 Å². The van der Waals surface area contributed by atoms with Crippen LogP contribution in [0.3, 0.4) is 0 Å². The molecule has 1 radical (unpaired) electrons. The summed E-state index contributed by atoms with van der Waals surface area (Å²) in [5, 5.41) is 3.07. The maximum absolute atomic E-state index is 6.03. The van der Waals surface area contributed by atoms with Crippen LogP contribution in [0.15, 0.2) is 48.5 Å². The average Bonchev–Trinajstić information content (AvgIpc) is 2.34. The summed E-state index contributed by atoms with van der Waals surface area (Å²) in [6, 6.07) is 17.0. The first-order valence-electron chi connectivity index (χ1n) is 6.31. The van der Waals surface area contributed by atoms with Gasteiger partial charge in [0.1, 0.15) is 20.3 Å². The van der Waals surface area contributed by atoms with Crippen LogP contribution >= 0.6 is 0 Å². The fourth-order valence-corrected chi connectivity index (χ4v) is 5.79. The second kappa shape index (κ2) is 3.99. The van der Waals surface area contributed by atoms with Crippen molar-refractivity contribution >= 4 is 19.2 Å². The molecule has 0 aromatic heterocycles. The van der Waals surface area contributed by atoms with Crippen molar-refractivity contribution in [2.75, 3.05) is 0 Å². The molecule has 1 heterocycles. The van der Waals surface area contributed by atoms with Crippen LogP contribution < -0.4 is 15.1 Å². The van der Waals surface area contributed by atoms with E-state index >= 15 is 0 Å². The Balaban J connectivity index is 2.24. The van der Waals surface area contributed by atoms with Gasteiger partial charge in [-0.1, -0.05) is 57.2 Å². The Labute approximate surface area is 110 Å². The lowest BCUT2D eigenvalue weighted by Crippen LogP contribution is -2.52. The summed E-state index contributed by atoms with van der Waals surface area (Å²) < 4.78 is 6.03. The number of rotatable bonds is 0. The molecule has 0 N–H and O–H groups in total. The van der Waals surface area contributed by atoms with Gasteiger partial charge >= 0.3 is 0 Å². The zero-order valence-corrected chi connectivity index (χ0v) is 12.0. The third kappa shape index (κ3) is 1.77. The van der Waals surface area contributed by atoms with Gasteiger partial charge in [-0.3, -0.25) is 0 Å². The van der Waals surface area contributed by atoms with E-state index in [1.807, 2.05) is 0 Å². The highest BCUT2D eigenvalue weighted by atomic mass is 28.3. The minimum Gasteiger partial charge on any atom is -0.458 e. The minimum absolute atomic E-state index is 0.278. The Morgan fingerprint density at radius 3 is 1.67 bits per heavy atom. The van der Waals surface area contributed by atoms with E-state index in [2.05, 4.69) is 69.3 Å². The molecule has 0 atom stereocenters. The fourth-order valence-electron chi connectivity index (χ4n) is 2.60. The molecule has 0 amide bonds. The van der Waals surface area contributed by atoms with E-state index in [9.17, 15) is 0 Å². The summed E-state index contributed by atoms with van der Waals surface area (Å²) in [6.07, 6.45) is 0. The SMILES string of the molecule is CC(C)(C)[Si]1c2ccccc2Oc2ccccc21. The van der Waals surface area contributed by atoms with Crippen LogP contribution in [0.25, 0.3) is 0 Å². The Morgan fingerprint density at radius 2 is 1.22 bits per heavy atom. The predicted octanol–water partition coefficient (Wildman–Crippen LogP) is 3.20. The fraction of sp³-hybridized carbons (Fsp3) is 0.250. The van der Waals surface area contributed by atoms with Crippen LogP contribution in [-0.2, 0) is 0 Å². The van der Waals surface area contributed by atoms with Crippen molar-refractivity contribution in [3.8, 4) is 11.5 Å². The lowest BCUT2D eigenvalue weighted by Gasteiger charge is -2.35. The summed E-state index contributed by atoms with van der Waals surface area (Å²) in [7, 11) is -0.802. The smallest absolute Gasteiger partial charge is 0.136 e. The largest absolute Gasteiger partial charge is 0.458 e. The molecule has 3 rings (SSSR count). The van der Waals surface area contributed by atoms with Gasteiger partial charge in [-0.15, -0.1) is 0 Å². The van der Waals surface area contributed by atoms with Gasteiger partial charge in [0.25, 0.3) is 0 Å². The zero-order valence-electron chi connectivity index (χ0n) is 11.0. The van der Waals surface area contributed by atoms with Gasteiger partial charge in [-0.25, -0.2) is 0 Å². The van der Waals surface area contributed by atoms with Gasteiger partial charge in [0.05, 0.1) is 0 Å². The maximum Gasteiger partial charge on any atom is 0.136 e. The van der Waals surface area contributed by atoms with E-state index < -0.39 is 8.80 Å². The molecule has 0 bridgehead atoms. The molecule has 0 unspecified atom stereocenters. The van der Waals surface area contributed by atoms with Gasteiger partial charge in [-0.2, -0.15) is 0 Å². The van der Waals surface area contributed by atoms with Crippen molar-refractivity contribution in [3.63, 3.8) is 0 Å². The molecule has 91 valence electrons. The summed E-state index contributed by atoms with van der Waals surface area (Å²) in [5.74, 6) is 2.08. The molecule has 0 aliphatic carbocycles. The molecule has 2 aromatic rings. The normalized spacial score (nSPS) is 14.6. The molecule has 1 aliphatic rings. The van der Waals surface area contributed by atoms with Gasteiger partial charge in [-0.05, 0) is 27.5 Å². The quantitative estimate of drug-likeness (QED) is 0.655. The highest BCUT2D eigenvalue weighted by Crippen LogP contribution is 2.34. The molecule has 0 spiro atoms. The second-order valence-electron chi connectivity index (χ2n) is 5.72. The summed E-state index contributed by atoms with van der Waals surface area (Å²) in [4.78, 5) is 0. The predicted molar refractivity (Wildman–Crippen MR) is 77.7 cm³/mol. The molecular formula is C16H17OSi. The average molecular weight is 253 g/mol. The first-order chi connectivity index (χ1) is 8.57. The maximum atomic E-state index is 6.03. The highest BCUT2D eigenvalue weighted by Gasteiger charge is 2.37. The molecule has 1 nitrogen and oxygen atoms in total. The van der Waals surface area contributed by atoms with E-state index in [1.54, 1.807) is 0 Å². The standard InChI is InChI=1S/C16H17OSi/c1-16(2,3)18-14-10-6-4-8-12(14)17-13-9-5-7-11-15(13)18/h4-11H,1-3H3. The van der Waals surface area contributed by atoms with Gasteiger partial charge in [0.15, 0.2) is 0 Å². The molecule has 0 saturated carbocycles. The van der Waals surface area contributed by atoms with Crippen molar-refractivity contribution < 1.29 is 4.74 Å². The zero-order chi connectivity index (χ0) is 12.8. The lowest BCUT2D eigenvalue weighted by atomic mass is 10.2. The number of hydrogen-bond donors (Lipinski definition) is 0. The molecule has 2 aromatic carbocycles. The monoisotopic (exact) mass is 253 g/mol. The summed E-state index contributed by atoms with van der Waals surface area (Å²) in [5.41, 5.74) is 0. The number of fused-ring (bicyclic) bond motifs is 2. The summed E-state index contributed by atoms with van der Waals surface area (Å²) in [6.45, 7) is 7.00. The minimum atomic E-state index is -0.802. The first kappa shape index (κ1) is 11.5. The van der Waals surface area contributed by atoms with Gasteiger partial charge < -0.3 is 4.74 Å². The Morgan fingerprint density at radius 1 is 0.778 bits per heavy atom. The Hall–Kier alpha value is -1.54. The van der Waals surface area contributed by atoms with Crippen molar-refractivity contribution in [2.24, 2.45) is 0 Å². The molecule has 0 fully saturated rings. The van der Waals surface area contributed by atoms with Crippen LogP contribution in [0, 0.1) is 0 Å². The third-order valence-corrected chi connectivity index (χ3v) is 6.69. The first-order valence-corrected chi connectivity index (χ1v) is 7.81. The third-order valence-electron chi connectivity index (χ3n) is 3.28. The van der Waals surface area contributed by atoms with Crippen molar-refractivity contribution in [2.45, 2.75) is 25.8 Å². The lowest BCUT2D eigenvalue weighted by molar-refractivity contribution is 0.486. The second-order valence-corrected chi connectivity index (χ2v) is 9.05. The molecule has 0 saturated heterocycles. The van der Waals surface area contributed by atoms with Crippen molar-refractivity contribution in [3.05, 3.63) is 48.5 Å². The molecule has 2 heteroatoms. The van der Waals surface area contributed by atoms with E-state index in [1.165, 1.54) is 10.4 Å². The molecular weight excluding hydrogens is 236 g/mol. The number of hydrogen-bond acceptors (Lipinski definition) is 1. The molecule has 18 heavy (non-hydrogen) atoms. The van der Waals surface area contributed by atoms with E-state index in [4.69, 9.17) is 4.74 Å². The van der Waals surface area contributed by atoms with Crippen LogP contribution in [0.2, 0.25) is 5.04 Å². The van der Waals surface area contributed by atoms with Crippen molar-refractivity contribution in [1.29, 1.82) is 0 Å². The number of ether oxygens (including phenoxy) is 1. The van der Waals surface area contributed by atoms with Gasteiger partial charge in [0, 0.05) is 0 Å². The highest BCUT2D eigenvalue weighted by molar-refractivity contribution is 6.89. The van der Waals surface area contributed by atoms with E-state index in [-0.39, 0.29) is 5.04 Å². The van der Waals surface area contributed by atoms with Gasteiger partial charge in [0.2, 0.25) is 0 Å². The summed E-state index contributed by atoms with van der Waals surface area (Å²) >= 11 is 0. The van der Waals surface area contributed by atoms with Crippen LogP contribution in [0.4, 0.5) is 0 Å². The number of benzene rings is 2. The van der Waals surface area contributed by atoms with Crippen molar-refractivity contribution in [1.82, 2.24) is 0 Å². The van der Waals surface area contributed by atoms with E-state index in [0.29, 0.717) is 0 Å². The van der Waals surface area contributed by atoms with Crippen LogP contribution in [0.1, 0.15) is 20.8 Å². The van der Waals surface area contributed by atoms with E-state index in [0.717, 1.165) is 11.5 Å². The Kier molecular flexibility index (Phi) is 2.56.